The minimum absolute atomic E-state index is 0.102. The monoisotopic (exact) mass is 299 g/mol. The van der Waals surface area contributed by atoms with E-state index in [0.717, 1.165) is 12.8 Å². The molecule has 112 valence electrons. The third-order valence-electron chi connectivity index (χ3n) is 3.66. The van der Waals surface area contributed by atoms with Gasteiger partial charge in [-0.25, -0.2) is 8.42 Å². The van der Waals surface area contributed by atoms with Crippen molar-refractivity contribution in [3.8, 4) is 0 Å². The zero-order chi connectivity index (χ0) is 14.6. The van der Waals surface area contributed by atoms with E-state index in [9.17, 15) is 8.42 Å². The highest BCUT2D eigenvalue weighted by molar-refractivity contribution is 7.89. The van der Waals surface area contributed by atoms with Crippen LogP contribution in [0.15, 0.2) is 23.2 Å². The molecule has 3 N–H and O–H groups in total. The van der Waals surface area contributed by atoms with E-state index in [-0.39, 0.29) is 17.4 Å². The van der Waals surface area contributed by atoms with Gasteiger partial charge >= 0.3 is 0 Å². The molecule has 0 bridgehead atoms. The number of piperidine rings is 1. The average molecular weight is 299 g/mol. The van der Waals surface area contributed by atoms with Crippen LogP contribution in [0.1, 0.15) is 25.0 Å². The van der Waals surface area contributed by atoms with E-state index >= 15 is 0 Å². The van der Waals surface area contributed by atoms with Gasteiger partial charge in [-0.05, 0) is 37.3 Å². The predicted molar refractivity (Wildman–Crippen MR) is 75.3 cm³/mol. The van der Waals surface area contributed by atoms with Gasteiger partial charge < -0.3 is 10.8 Å². The summed E-state index contributed by atoms with van der Waals surface area (Å²) >= 11 is 0. The van der Waals surface area contributed by atoms with E-state index in [4.69, 9.17) is 10.8 Å². The van der Waals surface area contributed by atoms with Crippen LogP contribution >= 0.6 is 0 Å². The Labute approximate surface area is 119 Å². The van der Waals surface area contributed by atoms with E-state index in [1.54, 1.807) is 12.1 Å². The van der Waals surface area contributed by atoms with Crippen molar-refractivity contribution in [3.63, 3.8) is 0 Å². The van der Waals surface area contributed by atoms with Gasteiger partial charge in [0.25, 0.3) is 0 Å². The molecule has 1 aliphatic heterocycles. The van der Waals surface area contributed by atoms with E-state index in [1.165, 1.54) is 10.5 Å². The number of aliphatic hydroxyl groups is 1. The van der Waals surface area contributed by atoms with Gasteiger partial charge in [0.05, 0.1) is 5.69 Å². The Morgan fingerprint density at radius 1 is 1.45 bits per heavy atom. The number of hydrogen-bond acceptors (Lipinski definition) is 5. The molecule has 0 saturated carbocycles. The molecule has 2 rings (SSSR count). The second kappa shape index (κ2) is 6.62. The molecule has 6 nitrogen and oxygen atoms in total. The first-order valence-electron chi connectivity index (χ1n) is 6.84. The lowest BCUT2D eigenvalue weighted by Crippen LogP contribution is -2.40. The van der Waals surface area contributed by atoms with E-state index in [0.29, 0.717) is 31.7 Å². The van der Waals surface area contributed by atoms with Crippen molar-refractivity contribution in [3.05, 3.63) is 24.0 Å². The van der Waals surface area contributed by atoms with Gasteiger partial charge in [-0.1, -0.05) is 0 Å². The lowest BCUT2D eigenvalue weighted by Gasteiger charge is -2.31. The fourth-order valence-corrected chi connectivity index (χ4v) is 4.00. The summed E-state index contributed by atoms with van der Waals surface area (Å²) in [6.07, 6.45) is 3.82. The molecule has 0 aromatic carbocycles. The number of aliphatic hydroxyl groups excluding tert-OH is 1. The number of hydrogen-bond donors (Lipinski definition) is 2. The van der Waals surface area contributed by atoms with E-state index in [1.807, 2.05) is 0 Å². The first-order chi connectivity index (χ1) is 9.57. The summed E-state index contributed by atoms with van der Waals surface area (Å²) < 4.78 is 26.6. The molecule has 7 heteroatoms. The molecule has 20 heavy (non-hydrogen) atoms. The summed E-state index contributed by atoms with van der Waals surface area (Å²) in [5.74, 6) is 0.236. The number of rotatable bonds is 5. The number of nitrogens with zero attached hydrogens (tertiary/aromatic N) is 2. The molecule has 0 spiro atoms. The molecular formula is C13H21N3O3S. The summed E-state index contributed by atoms with van der Waals surface area (Å²) in [6, 6.07) is 3.20. The molecule has 1 atom stereocenters. The molecule has 2 heterocycles. The molecule has 0 aliphatic carbocycles. The Hall–Kier alpha value is -1.02. The quantitative estimate of drug-likeness (QED) is 0.816. The summed E-state index contributed by atoms with van der Waals surface area (Å²) in [5.41, 5.74) is 6.12. The molecule has 0 amide bonds. The van der Waals surface area contributed by atoms with Crippen LogP contribution in [0.4, 0.5) is 0 Å². The van der Waals surface area contributed by atoms with Crippen LogP contribution in [0.2, 0.25) is 0 Å². The standard InChI is InChI=1S/C13H21N3O3S/c14-8-12-3-4-13(9-15-12)20(18,19)16-6-1-2-11(10-16)5-7-17/h3-4,9,11,17H,1-2,5-8,10,14H2. The van der Waals surface area contributed by atoms with Crippen LogP contribution in [0.3, 0.4) is 0 Å². The van der Waals surface area contributed by atoms with Crippen LogP contribution in [-0.4, -0.2) is 42.5 Å². The SMILES string of the molecule is NCc1ccc(S(=O)(=O)N2CCCC(CCO)C2)cn1. The number of pyridine rings is 1. The Balaban J connectivity index is 2.16. The smallest absolute Gasteiger partial charge is 0.244 e. The molecule has 1 aliphatic rings. The largest absolute Gasteiger partial charge is 0.396 e. The molecule has 1 fully saturated rings. The van der Waals surface area contributed by atoms with Gasteiger partial charge in [0, 0.05) is 32.4 Å². The minimum atomic E-state index is -3.49. The molecule has 1 aromatic rings. The molecular weight excluding hydrogens is 278 g/mol. The van der Waals surface area contributed by atoms with Crippen molar-refractivity contribution < 1.29 is 13.5 Å². The van der Waals surface area contributed by atoms with E-state index in [2.05, 4.69) is 4.98 Å². The number of aromatic nitrogens is 1. The third kappa shape index (κ3) is 3.35. The zero-order valence-corrected chi connectivity index (χ0v) is 12.2. The van der Waals surface area contributed by atoms with Gasteiger partial charge in [0.1, 0.15) is 4.90 Å². The highest BCUT2D eigenvalue weighted by Crippen LogP contribution is 2.25. The Kier molecular flexibility index (Phi) is 5.09. The molecule has 1 saturated heterocycles. The fourth-order valence-electron chi connectivity index (χ4n) is 2.50. The van der Waals surface area contributed by atoms with Crippen molar-refractivity contribution in [1.29, 1.82) is 0 Å². The highest BCUT2D eigenvalue weighted by Gasteiger charge is 2.30. The Morgan fingerprint density at radius 3 is 2.85 bits per heavy atom. The van der Waals surface area contributed by atoms with Crippen molar-refractivity contribution in [2.75, 3.05) is 19.7 Å². The summed E-state index contributed by atoms with van der Waals surface area (Å²) in [4.78, 5) is 4.25. The van der Waals surface area contributed by atoms with Gasteiger partial charge in [0.15, 0.2) is 0 Å². The zero-order valence-electron chi connectivity index (χ0n) is 11.4. The van der Waals surface area contributed by atoms with Gasteiger partial charge in [-0.3, -0.25) is 4.98 Å². The first kappa shape index (κ1) is 15.4. The highest BCUT2D eigenvalue weighted by atomic mass is 32.2. The van der Waals surface area contributed by atoms with E-state index < -0.39 is 10.0 Å². The van der Waals surface area contributed by atoms with Gasteiger partial charge in [0.2, 0.25) is 10.0 Å². The average Bonchev–Trinajstić information content (AvgIpc) is 2.48. The minimum Gasteiger partial charge on any atom is -0.396 e. The Morgan fingerprint density at radius 2 is 2.25 bits per heavy atom. The van der Waals surface area contributed by atoms with Crippen LogP contribution < -0.4 is 5.73 Å². The summed E-state index contributed by atoms with van der Waals surface area (Å²) in [5, 5.41) is 8.99. The van der Waals surface area contributed by atoms with Crippen molar-refractivity contribution in [2.24, 2.45) is 11.7 Å². The Bertz CT molecular complexity index is 528. The van der Waals surface area contributed by atoms with Gasteiger partial charge in [-0.2, -0.15) is 4.31 Å². The second-order valence-electron chi connectivity index (χ2n) is 5.07. The normalized spacial score (nSPS) is 21.0. The van der Waals surface area contributed by atoms with Crippen molar-refractivity contribution >= 4 is 10.0 Å². The summed E-state index contributed by atoms with van der Waals surface area (Å²) in [7, 11) is -3.49. The molecule has 0 radical (unpaired) electrons. The van der Waals surface area contributed by atoms with Crippen LogP contribution in [0.5, 0.6) is 0 Å². The van der Waals surface area contributed by atoms with Crippen molar-refractivity contribution in [1.82, 2.24) is 9.29 Å². The lowest BCUT2D eigenvalue weighted by molar-refractivity contribution is 0.203. The fraction of sp³-hybridized carbons (Fsp3) is 0.615. The maximum atomic E-state index is 12.5. The summed E-state index contributed by atoms with van der Waals surface area (Å²) in [6.45, 7) is 1.40. The van der Waals surface area contributed by atoms with Crippen LogP contribution in [0.25, 0.3) is 0 Å². The first-order valence-corrected chi connectivity index (χ1v) is 8.28. The maximum Gasteiger partial charge on any atom is 0.244 e. The topological polar surface area (TPSA) is 96.5 Å². The van der Waals surface area contributed by atoms with Crippen LogP contribution in [0, 0.1) is 5.92 Å². The third-order valence-corrected chi connectivity index (χ3v) is 5.51. The molecule has 1 aromatic heterocycles. The number of sulfonamides is 1. The number of nitrogens with two attached hydrogens (primary N) is 1. The lowest BCUT2D eigenvalue weighted by atomic mass is 9.97. The van der Waals surface area contributed by atoms with Crippen LogP contribution in [-0.2, 0) is 16.6 Å². The predicted octanol–water partition coefficient (Wildman–Crippen LogP) is 0.323. The van der Waals surface area contributed by atoms with Gasteiger partial charge in [-0.15, -0.1) is 0 Å². The molecule has 1 unspecified atom stereocenters. The second-order valence-corrected chi connectivity index (χ2v) is 7.01. The van der Waals surface area contributed by atoms with Crippen molar-refractivity contribution in [2.45, 2.75) is 30.7 Å². The maximum absolute atomic E-state index is 12.5.